The van der Waals surface area contributed by atoms with Gasteiger partial charge in [0.25, 0.3) is 10.1 Å². The number of carbonyl (C=O) groups is 1. The van der Waals surface area contributed by atoms with Gasteiger partial charge in [0, 0.05) is 5.69 Å². The van der Waals surface area contributed by atoms with Crippen molar-refractivity contribution in [2.75, 3.05) is 24.9 Å². The van der Waals surface area contributed by atoms with Crippen molar-refractivity contribution in [3.05, 3.63) is 24.3 Å². The number of ether oxygens (including phenoxy) is 1. The average Bonchev–Trinajstić information content (AvgIpc) is 2.43. The normalized spacial score (nSPS) is 22.0. The van der Waals surface area contributed by atoms with Crippen molar-refractivity contribution < 1.29 is 22.1 Å². The number of methoxy groups -OCH3 is 1. The maximum absolute atomic E-state index is 12.2. The first-order valence-corrected chi connectivity index (χ1v) is 8.50. The molecule has 0 unspecified atom stereocenters. The van der Waals surface area contributed by atoms with Gasteiger partial charge in [0.1, 0.15) is 5.75 Å². The first-order valence-electron chi connectivity index (χ1n) is 6.69. The van der Waals surface area contributed by atoms with Gasteiger partial charge in [-0.2, -0.15) is 8.42 Å². The SMILES string of the molecule is CC[C@@H]1C(=O)N(c2ccc(OC)cc2)[C@@H]1COS(C)(=O)=O. The lowest BCUT2D eigenvalue weighted by molar-refractivity contribution is -0.131. The second-order valence-electron chi connectivity index (χ2n) is 4.98. The highest BCUT2D eigenvalue weighted by Crippen LogP contribution is 2.35. The maximum Gasteiger partial charge on any atom is 0.264 e. The third kappa shape index (κ3) is 3.36. The summed E-state index contributed by atoms with van der Waals surface area (Å²) in [5.74, 6) is 0.487. The van der Waals surface area contributed by atoms with Gasteiger partial charge in [0.15, 0.2) is 0 Å². The molecule has 0 radical (unpaired) electrons. The summed E-state index contributed by atoms with van der Waals surface area (Å²) in [5, 5.41) is 0. The van der Waals surface area contributed by atoms with Crippen molar-refractivity contribution in [1.82, 2.24) is 0 Å². The third-order valence-corrected chi connectivity index (χ3v) is 4.16. The molecule has 0 aromatic heterocycles. The smallest absolute Gasteiger partial charge is 0.264 e. The minimum absolute atomic E-state index is 0.00947. The van der Waals surface area contributed by atoms with Gasteiger partial charge < -0.3 is 9.64 Å². The zero-order valence-corrected chi connectivity index (χ0v) is 13.1. The molecule has 21 heavy (non-hydrogen) atoms. The van der Waals surface area contributed by atoms with Crippen molar-refractivity contribution in [3.8, 4) is 5.75 Å². The Labute approximate surface area is 124 Å². The van der Waals surface area contributed by atoms with Crippen LogP contribution in [0.2, 0.25) is 0 Å². The lowest BCUT2D eigenvalue weighted by Crippen LogP contribution is -2.63. The number of benzene rings is 1. The number of β-lactam (4-membered cyclic amide) rings is 1. The van der Waals surface area contributed by atoms with Crippen molar-refractivity contribution >= 4 is 21.7 Å². The number of anilines is 1. The molecule has 0 N–H and O–H groups in total. The number of hydrogen-bond donors (Lipinski definition) is 0. The van der Waals surface area contributed by atoms with E-state index in [9.17, 15) is 13.2 Å². The standard InChI is InChI=1S/C14H19NO5S/c1-4-12-13(9-20-21(3,17)18)15(14(12)16)10-5-7-11(19-2)8-6-10/h5-8,12-13H,4,9H2,1-3H3/t12-,13+/m0/s1. The zero-order valence-electron chi connectivity index (χ0n) is 12.3. The molecule has 1 heterocycles. The van der Waals surface area contributed by atoms with E-state index >= 15 is 0 Å². The van der Waals surface area contributed by atoms with Crippen LogP contribution in [0.15, 0.2) is 24.3 Å². The first kappa shape index (κ1) is 15.8. The van der Waals surface area contributed by atoms with Gasteiger partial charge in [0.05, 0.1) is 31.9 Å². The van der Waals surface area contributed by atoms with E-state index in [0.29, 0.717) is 17.9 Å². The molecular weight excluding hydrogens is 294 g/mol. The van der Waals surface area contributed by atoms with E-state index in [1.807, 2.05) is 6.92 Å². The van der Waals surface area contributed by atoms with E-state index in [1.54, 1.807) is 36.3 Å². The highest BCUT2D eigenvalue weighted by atomic mass is 32.2. The molecule has 7 heteroatoms. The maximum atomic E-state index is 12.2. The van der Waals surface area contributed by atoms with Gasteiger partial charge in [-0.1, -0.05) is 6.92 Å². The summed E-state index contributed by atoms with van der Waals surface area (Å²) < 4.78 is 32.2. The molecule has 116 valence electrons. The van der Waals surface area contributed by atoms with Crippen LogP contribution >= 0.6 is 0 Å². The van der Waals surface area contributed by atoms with E-state index in [4.69, 9.17) is 8.92 Å². The molecule has 0 saturated carbocycles. The topological polar surface area (TPSA) is 72.9 Å². The Hall–Kier alpha value is -1.60. The molecule has 0 bridgehead atoms. The van der Waals surface area contributed by atoms with Crippen LogP contribution in [-0.2, 0) is 19.1 Å². The third-order valence-electron chi connectivity index (χ3n) is 3.59. The van der Waals surface area contributed by atoms with E-state index in [0.717, 1.165) is 6.26 Å². The summed E-state index contributed by atoms with van der Waals surface area (Å²) in [6.07, 6.45) is 1.66. The Morgan fingerprint density at radius 2 is 1.86 bits per heavy atom. The van der Waals surface area contributed by atoms with E-state index in [1.165, 1.54) is 0 Å². The van der Waals surface area contributed by atoms with E-state index in [2.05, 4.69) is 0 Å². The lowest BCUT2D eigenvalue weighted by Gasteiger charge is -2.46. The Morgan fingerprint density at radius 1 is 1.24 bits per heavy atom. The van der Waals surface area contributed by atoms with E-state index < -0.39 is 10.1 Å². The fourth-order valence-electron chi connectivity index (χ4n) is 2.50. The Balaban J connectivity index is 2.17. The molecule has 1 aliphatic heterocycles. The lowest BCUT2D eigenvalue weighted by atomic mass is 9.85. The van der Waals surface area contributed by atoms with Crippen LogP contribution in [0.25, 0.3) is 0 Å². The monoisotopic (exact) mass is 313 g/mol. The number of amides is 1. The Morgan fingerprint density at radius 3 is 2.33 bits per heavy atom. The predicted octanol–water partition coefficient (Wildman–Crippen LogP) is 1.41. The molecule has 1 amide bonds. The summed E-state index contributed by atoms with van der Waals surface area (Å²) >= 11 is 0. The summed E-state index contributed by atoms with van der Waals surface area (Å²) in [6.45, 7) is 1.89. The summed E-state index contributed by atoms with van der Waals surface area (Å²) in [6, 6.07) is 6.81. The Kier molecular flexibility index (Phi) is 4.53. The van der Waals surface area contributed by atoms with Crippen LogP contribution < -0.4 is 9.64 Å². The van der Waals surface area contributed by atoms with Crippen molar-refractivity contribution in [1.29, 1.82) is 0 Å². The molecule has 1 aromatic carbocycles. The summed E-state index contributed by atoms with van der Waals surface area (Å²) in [4.78, 5) is 13.8. The molecule has 2 atom stereocenters. The van der Waals surface area contributed by atoms with Crippen LogP contribution in [0.1, 0.15) is 13.3 Å². The summed E-state index contributed by atoms with van der Waals surface area (Å²) in [7, 11) is -1.95. The highest BCUT2D eigenvalue weighted by molar-refractivity contribution is 7.85. The van der Waals surface area contributed by atoms with Gasteiger partial charge in [-0.25, -0.2) is 0 Å². The van der Waals surface area contributed by atoms with Gasteiger partial charge in [-0.15, -0.1) is 0 Å². The highest BCUT2D eigenvalue weighted by Gasteiger charge is 2.47. The van der Waals surface area contributed by atoms with Gasteiger partial charge in [0.2, 0.25) is 5.91 Å². The Bertz CT molecular complexity index is 611. The predicted molar refractivity (Wildman–Crippen MR) is 78.8 cm³/mol. The molecule has 0 spiro atoms. The minimum Gasteiger partial charge on any atom is -0.497 e. The fourth-order valence-corrected chi connectivity index (χ4v) is 2.88. The number of nitrogens with zero attached hydrogens (tertiary/aromatic N) is 1. The van der Waals surface area contributed by atoms with Crippen molar-refractivity contribution in [3.63, 3.8) is 0 Å². The van der Waals surface area contributed by atoms with Crippen LogP contribution in [0, 0.1) is 5.92 Å². The van der Waals surface area contributed by atoms with Gasteiger partial charge in [-0.05, 0) is 30.7 Å². The quantitative estimate of drug-likeness (QED) is 0.586. The minimum atomic E-state index is -3.52. The van der Waals surface area contributed by atoms with Crippen molar-refractivity contribution in [2.24, 2.45) is 5.92 Å². The average molecular weight is 313 g/mol. The molecule has 6 nitrogen and oxygen atoms in total. The van der Waals surface area contributed by atoms with Gasteiger partial charge in [-0.3, -0.25) is 8.98 Å². The number of carbonyl (C=O) groups excluding carboxylic acids is 1. The molecular formula is C14H19NO5S. The molecule has 0 aliphatic carbocycles. The molecule has 1 saturated heterocycles. The fraction of sp³-hybridized carbons (Fsp3) is 0.500. The first-order chi connectivity index (χ1) is 9.87. The number of rotatable bonds is 6. The molecule has 1 aliphatic rings. The van der Waals surface area contributed by atoms with E-state index in [-0.39, 0.29) is 24.5 Å². The molecule has 1 fully saturated rings. The van der Waals surface area contributed by atoms with Crippen LogP contribution in [0.5, 0.6) is 5.75 Å². The second-order valence-corrected chi connectivity index (χ2v) is 6.62. The molecule has 2 rings (SSSR count). The van der Waals surface area contributed by atoms with Crippen LogP contribution in [-0.4, -0.2) is 40.3 Å². The zero-order chi connectivity index (χ0) is 15.6. The van der Waals surface area contributed by atoms with Crippen LogP contribution in [0.4, 0.5) is 5.69 Å². The second kappa shape index (κ2) is 6.03. The van der Waals surface area contributed by atoms with Crippen LogP contribution in [0.3, 0.4) is 0 Å². The van der Waals surface area contributed by atoms with Gasteiger partial charge >= 0.3 is 0 Å². The van der Waals surface area contributed by atoms with Crippen molar-refractivity contribution in [2.45, 2.75) is 19.4 Å². The summed E-state index contributed by atoms with van der Waals surface area (Å²) in [5.41, 5.74) is 0.715. The number of hydrogen-bond acceptors (Lipinski definition) is 5. The molecule has 1 aromatic rings. The largest absolute Gasteiger partial charge is 0.497 e.